The Kier molecular flexibility index (Phi) is 5.24. The summed E-state index contributed by atoms with van der Waals surface area (Å²) >= 11 is 4.86. The molecule has 1 aromatic rings. The zero-order chi connectivity index (χ0) is 10.8. The molecule has 2 heterocycles. The molecule has 1 saturated heterocycles. The van der Waals surface area contributed by atoms with Crippen molar-refractivity contribution in [2.75, 3.05) is 20.1 Å². The lowest BCUT2D eigenvalue weighted by Gasteiger charge is -2.22. The number of rotatable bonds is 2. The summed E-state index contributed by atoms with van der Waals surface area (Å²) in [5, 5.41) is 3.27. The van der Waals surface area contributed by atoms with Crippen LogP contribution in [0.25, 0.3) is 0 Å². The molecule has 0 aliphatic carbocycles. The van der Waals surface area contributed by atoms with E-state index in [9.17, 15) is 4.79 Å². The SMILES string of the molecule is CN(C(=O)c1ccc(Br)s1)C1CCNC1.Cl. The minimum atomic E-state index is 0. The molecule has 0 spiro atoms. The summed E-state index contributed by atoms with van der Waals surface area (Å²) in [5.74, 6) is 0.124. The van der Waals surface area contributed by atoms with Gasteiger partial charge in [0.25, 0.3) is 5.91 Å². The van der Waals surface area contributed by atoms with Crippen molar-refractivity contribution in [2.24, 2.45) is 0 Å². The molecule has 0 aromatic carbocycles. The Bertz CT molecular complexity index is 365. The normalized spacial score (nSPS) is 19.2. The molecule has 1 fully saturated rings. The maximum atomic E-state index is 12.0. The summed E-state index contributed by atoms with van der Waals surface area (Å²) in [4.78, 5) is 14.7. The molecule has 1 N–H and O–H groups in total. The van der Waals surface area contributed by atoms with Gasteiger partial charge in [0.2, 0.25) is 0 Å². The van der Waals surface area contributed by atoms with E-state index in [0.29, 0.717) is 6.04 Å². The molecule has 2 rings (SSSR count). The predicted octanol–water partition coefficient (Wildman–Crippen LogP) is 2.37. The Labute approximate surface area is 114 Å². The molecule has 0 radical (unpaired) electrons. The van der Waals surface area contributed by atoms with E-state index in [4.69, 9.17) is 0 Å². The van der Waals surface area contributed by atoms with Crippen LogP contribution in [0.3, 0.4) is 0 Å². The van der Waals surface area contributed by atoms with Crippen LogP contribution in [0.15, 0.2) is 15.9 Å². The summed E-state index contributed by atoms with van der Waals surface area (Å²) in [6, 6.07) is 4.13. The highest BCUT2D eigenvalue weighted by Gasteiger charge is 2.24. The van der Waals surface area contributed by atoms with Gasteiger partial charge in [-0.2, -0.15) is 0 Å². The lowest BCUT2D eigenvalue weighted by atomic mass is 10.2. The van der Waals surface area contributed by atoms with Gasteiger partial charge < -0.3 is 10.2 Å². The summed E-state index contributed by atoms with van der Waals surface area (Å²) in [5.41, 5.74) is 0. The van der Waals surface area contributed by atoms with Crippen LogP contribution in [0.4, 0.5) is 0 Å². The third-order valence-corrected chi connectivity index (χ3v) is 4.30. The molecule has 16 heavy (non-hydrogen) atoms. The van der Waals surface area contributed by atoms with Crippen LogP contribution in [0.1, 0.15) is 16.1 Å². The molecule has 0 bridgehead atoms. The molecule has 3 nitrogen and oxygen atoms in total. The maximum Gasteiger partial charge on any atom is 0.263 e. The Morgan fingerprint density at radius 3 is 2.88 bits per heavy atom. The van der Waals surface area contributed by atoms with Gasteiger partial charge in [-0.25, -0.2) is 0 Å². The second kappa shape index (κ2) is 6.00. The number of nitrogens with zero attached hydrogens (tertiary/aromatic N) is 1. The number of halogens is 2. The van der Waals surface area contributed by atoms with E-state index in [1.165, 1.54) is 11.3 Å². The second-order valence-electron chi connectivity index (χ2n) is 3.67. The number of nitrogens with one attached hydrogen (secondary N) is 1. The molecular weight excluding hydrogens is 312 g/mol. The van der Waals surface area contributed by atoms with Crippen LogP contribution in [0, 0.1) is 0 Å². The van der Waals surface area contributed by atoms with Crippen molar-refractivity contribution >= 4 is 45.6 Å². The fraction of sp³-hybridized carbons (Fsp3) is 0.500. The standard InChI is InChI=1S/C10H13BrN2OS.ClH/c1-13(7-4-5-12-6-7)10(14)8-2-3-9(11)15-8;/h2-3,7,12H,4-6H2,1H3;1H. The smallest absolute Gasteiger partial charge is 0.263 e. The zero-order valence-electron chi connectivity index (χ0n) is 8.90. The van der Waals surface area contributed by atoms with Crippen molar-refractivity contribution in [3.63, 3.8) is 0 Å². The van der Waals surface area contributed by atoms with Gasteiger partial charge in [0.05, 0.1) is 8.66 Å². The van der Waals surface area contributed by atoms with E-state index in [1.807, 2.05) is 24.1 Å². The largest absolute Gasteiger partial charge is 0.337 e. The highest BCUT2D eigenvalue weighted by molar-refractivity contribution is 9.11. The predicted molar refractivity (Wildman–Crippen MR) is 72.6 cm³/mol. The van der Waals surface area contributed by atoms with E-state index in [1.54, 1.807) is 0 Å². The van der Waals surface area contributed by atoms with Crippen LogP contribution < -0.4 is 5.32 Å². The van der Waals surface area contributed by atoms with E-state index in [-0.39, 0.29) is 18.3 Å². The van der Waals surface area contributed by atoms with Crippen molar-refractivity contribution < 1.29 is 4.79 Å². The van der Waals surface area contributed by atoms with Gasteiger partial charge in [-0.05, 0) is 41.0 Å². The summed E-state index contributed by atoms with van der Waals surface area (Å²) in [6.45, 7) is 1.92. The fourth-order valence-electron chi connectivity index (χ4n) is 1.74. The van der Waals surface area contributed by atoms with Gasteiger partial charge in [-0.3, -0.25) is 4.79 Å². The lowest BCUT2D eigenvalue weighted by molar-refractivity contribution is 0.0748. The van der Waals surface area contributed by atoms with Crippen LogP contribution in [0.2, 0.25) is 0 Å². The minimum Gasteiger partial charge on any atom is -0.337 e. The second-order valence-corrected chi connectivity index (χ2v) is 6.13. The molecular formula is C10H14BrClN2OS. The van der Waals surface area contributed by atoms with Crippen molar-refractivity contribution in [2.45, 2.75) is 12.5 Å². The average molecular weight is 326 g/mol. The van der Waals surface area contributed by atoms with Gasteiger partial charge in [0.15, 0.2) is 0 Å². The van der Waals surface area contributed by atoms with Crippen molar-refractivity contribution in [3.8, 4) is 0 Å². The maximum absolute atomic E-state index is 12.0. The van der Waals surface area contributed by atoms with Crippen molar-refractivity contribution in [3.05, 3.63) is 20.8 Å². The molecule has 0 saturated carbocycles. The third-order valence-electron chi connectivity index (χ3n) is 2.69. The minimum absolute atomic E-state index is 0. The van der Waals surface area contributed by atoms with Crippen LogP contribution in [-0.4, -0.2) is 37.0 Å². The zero-order valence-corrected chi connectivity index (χ0v) is 12.1. The fourth-order valence-corrected chi connectivity index (χ4v) is 3.11. The van der Waals surface area contributed by atoms with Gasteiger partial charge in [0.1, 0.15) is 0 Å². The summed E-state index contributed by atoms with van der Waals surface area (Å²) in [7, 11) is 1.88. The Morgan fingerprint density at radius 2 is 2.38 bits per heavy atom. The number of hydrogen-bond acceptors (Lipinski definition) is 3. The van der Waals surface area contributed by atoms with E-state index in [2.05, 4.69) is 21.2 Å². The number of likely N-dealkylation sites (N-methyl/N-ethyl adjacent to an activating group) is 1. The van der Waals surface area contributed by atoms with Gasteiger partial charge in [0, 0.05) is 19.6 Å². The first-order chi connectivity index (χ1) is 7.18. The average Bonchev–Trinajstić information content (AvgIpc) is 2.85. The highest BCUT2D eigenvalue weighted by Crippen LogP contribution is 2.24. The molecule has 1 aliphatic rings. The van der Waals surface area contributed by atoms with E-state index < -0.39 is 0 Å². The number of thiophene rings is 1. The molecule has 1 atom stereocenters. The molecule has 1 unspecified atom stereocenters. The molecule has 90 valence electrons. The topological polar surface area (TPSA) is 32.3 Å². The first-order valence-electron chi connectivity index (χ1n) is 4.91. The van der Waals surface area contributed by atoms with Gasteiger partial charge >= 0.3 is 0 Å². The first-order valence-corrected chi connectivity index (χ1v) is 6.52. The third kappa shape index (κ3) is 2.97. The van der Waals surface area contributed by atoms with Crippen LogP contribution in [-0.2, 0) is 0 Å². The highest BCUT2D eigenvalue weighted by atomic mass is 79.9. The molecule has 1 aliphatic heterocycles. The summed E-state index contributed by atoms with van der Waals surface area (Å²) < 4.78 is 1.00. The van der Waals surface area contributed by atoms with Gasteiger partial charge in [-0.15, -0.1) is 23.7 Å². The van der Waals surface area contributed by atoms with E-state index >= 15 is 0 Å². The van der Waals surface area contributed by atoms with Crippen LogP contribution in [0.5, 0.6) is 0 Å². The number of amides is 1. The Balaban J connectivity index is 0.00000128. The lowest BCUT2D eigenvalue weighted by Crippen LogP contribution is -2.37. The Hall–Kier alpha value is -0.100. The number of carbonyl (C=O) groups is 1. The molecule has 1 amide bonds. The quantitative estimate of drug-likeness (QED) is 0.905. The summed E-state index contributed by atoms with van der Waals surface area (Å²) in [6.07, 6.45) is 1.05. The van der Waals surface area contributed by atoms with Gasteiger partial charge in [-0.1, -0.05) is 0 Å². The number of hydrogen-bond donors (Lipinski definition) is 1. The van der Waals surface area contributed by atoms with Crippen molar-refractivity contribution in [1.29, 1.82) is 0 Å². The van der Waals surface area contributed by atoms with Crippen molar-refractivity contribution in [1.82, 2.24) is 10.2 Å². The monoisotopic (exact) mass is 324 g/mol. The van der Waals surface area contributed by atoms with Crippen LogP contribution >= 0.6 is 39.7 Å². The number of carbonyl (C=O) groups excluding carboxylic acids is 1. The Morgan fingerprint density at radius 1 is 1.62 bits per heavy atom. The molecule has 6 heteroatoms. The first kappa shape index (κ1) is 14.0. The van der Waals surface area contributed by atoms with E-state index in [0.717, 1.165) is 28.2 Å². The molecule has 1 aromatic heterocycles.